The maximum atomic E-state index is 12.4. The van der Waals surface area contributed by atoms with Gasteiger partial charge in [-0.05, 0) is 23.3 Å². The van der Waals surface area contributed by atoms with E-state index in [1.807, 2.05) is 54.6 Å². The topological polar surface area (TPSA) is 62.2 Å². The number of rotatable bonds is 7. The van der Waals surface area contributed by atoms with Gasteiger partial charge in [-0.1, -0.05) is 42.5 Å². The molecule has 0 radical (unpaired) electrons. The average molecular weight is 379 g/mol. The van der Waals surface area contributed by atoms with Gasteiger partial charge in [0.05, 0.1) is 19.4 Å². The summed E-state index contributed by atoms with van der Waals surface area (Å²) < 4.78 is 5.14. The number of nitrogens with zero attached hydrogens (tertiary/aromatic N) is 3. The van der Waals surface area contributed by atoms with Crippen LogP contribution < -0.4 is 4.74 Å². The second-order valence-electron chi connectivity index (χ2n) is 6.78. The molecule has 0 aliphatic carbocycles. The molecule has 0 saturated heterocycles. The van der Waals surface area contributed by atoms with Crippen molar-refractivity contribution in [2.75, 3.05) is 20.7 Å². The molecular formula is C22H25N3O3. The van der Waals surface area contributed by atoms with Gasteiger partial charge in [-0.15, -0.1) is 0 Å². The number of carbonyl (C=O) groups excluding carboxylic acids is 2. The second-order valence-corrected chi connectivity index (χ2v) is 6.78. The smallest absolute Gasteiger partial charge is 0.243 e. The first-order valence-electron chi connectivity index (χ1n) is 9.37. The van der Waals surface area contributed by atoms with Crippen LogP contribution in [0, 0.1) is 0 Å². The van der Waals surface area contributed by atoms with Gasteiger partial charge in [0.2, 0.25) is 11.8 Å². The van der Waals surface area contributed by atoms with Gasteiger partial charge in [-0.3, -0.25) is 9.59 Å². The van der Waals surface area contributed by atoms with E-state index in [0.717, 1.165) is 29.0 Å². The Kier molecular flexibility index (Phi) is 6.42. The Morgan fingerprint density at radius 3 is 2.46 bits per heavy atom. The van der Waals surface area contributed by atoms with Crippen molar-refractivity contribution < 1.29 is 14.3 Å². The Morgan fingerprint density at radius 1 is 1.07 bits per heavy atom. The first kappa shape index (κ1) is 19.6. The van der Waals surface area contributed by atoms with Gasteiger partial charge in [0.15, 0.2) is 0 Å². The average Bonchev–Trinajstić information content (AvgIpc) is 3.23. The fourth-order valence-electron chi connectivity index (χ4n) is 3.10. The maximum absolute atomic E-state index is 12.4. The van der Waals surface area contributed by atoms with Crippen molar-refractivity contribution in [2.45, 2.75) is 25.8 Å². The standard InChI is InChI=1S/C22H25N3O3/c1-24(16-17-8-10-19(28-2)11-9-17)21(26)12-13-22(27)25-15-14-20(23-25)18-6-4-3-5-7-18/h3-11H,12-16H2,1-2H3. The third kappa shape index (κ3) is 4.97. The van der Waals surface area contributed by atoms with E-state index in [0.29, 0.717) is 13.1 Å². The zero-order chi connectivity index (χ0) is 19.9. The highest BCUT2D eigenvalue weighted by Gasteiger charge is 2.22. The SMILES string of the molecule is COc1ccc(CN(C)C(=O)CCC(=O)N2CCC(c3ccccc3)=N2)cc1. The predicted molar refractivity (Wildman–Crippen MR) is 108 cm³/mol. The number of methoxy groups -OCH3 is 1. The Hall–Kier alpha value is -3.15. The van der Waals surface area contributed by atoms with Crippen LogP contribution in [0.4, 0.5) is 0 Å². The van der Waals surface area contributed by atoms with Gasteiger partial charge in [-0.2, -0.15) is 5.10 Å². The van der Waals surface area contributed by atoms with Crippen molar-refractivity contribution >= 4 is 17.5 Å². The number of carbonyl (C=O) groups is 2. The first-order valence-corrected chi connectivity index (χ1v) is 9.37. The normalized spacial score (nSPS) is 13.2. The molecule has 6 nitrogen and oxygen atoms in total. The summed E-state index contributed by atoms with van der Waals surface area (Å²) in [6, 6.07) is 17.4. The van der Waals surface area contributed by atoms with Crippen LogP contribution in [0.1, 0.15) is 30.4 Å². The highest BCUT2D eigenvalue weighted by molar-refractivity contribution is 6.02. The fraction of sp³-hybridized carbons (Fsp3) is 0.318. The molecule has 0 spiro atoms. The van der Waals surface area contributed by atoms with E-state index in [1.54, 1.807) is 19.1 Å². The molecule has 0 aromatic heterocycles. The summed E-state index contributed by atoms with van der Waals surface area (Å²) in [5.74, 6) is 0.608. The van der Waals surface area contributed by atoms with Crippen molar-refractivity contribution in [2.24, 2.45) is 5.10 Å². The van der Waals surface area contributed by atoms with Gasteiger partial charge in [0.25, 0.3) is 0 Å². The Bertz CT molecular complexity index is 847. The minimum Gasteiger partial charge on any atom is -0.497 e. The van der Waals surface area contributed by atoms with E-state index in [4.69, 9.17) is 4.74 Å². The maximum Gasteiger partial charge on any atom is 0.243 e. The summed E-state index contributed by atoms with van der Waals surface area (Å²) >= 11 is 0. The number of hydrazone groups is 1. The van der Waals surface area contributed by atoms with Gasteiger partial charge in [0, 0.05) is 32.9 Å². The summed E-state index contributed by atoms with van der Waals surface area (Å²) in [7, 11) is 3.37. The molecule has 1 aliphatic heterocycles. The minimum absolute atomic E-state index is 0.0596. The molecule has 0 saturated carbocycles. The van der Waals surface area contributed by atoms with Crippen LogP contribution in [0.3, 0.4) is 0 Å². The van der Waals surface area contributed by atoms with E-state index >= 15 is 0 Å². The quantitative estimate of drug-likeness (QED) is 0.743. The van der Waals surface area contributed by atoms with E-state index < -0.39 is 0 Å². The second kappa shape index (κ2) is 9.17. The Morgan fingerprint density at radius 2 is 1.79 bits per heavy atom. The molecule has 0 fully saturated rings. The highest BCUT2D eigenvalue weighted by Crippen LogP contribution is 2.16. The van der Waals surface area contributed by atoms with Crippen molar-refractivity contribution in [1.29, 1.82) is 0 Å². The van der Waals surface area contributed by atoms with Crippen molar-refractivity contribution in [3.63, 3.8) is 0 Å². The molecule has 0 bridgehead atoms. The lowest BCUT2D eigenvalue weighted by molar-refractivity contribution is -0.136. The molecule has 3 rings (SSSR count). The van der Waals surface area contributed by atoms with Crippen LogP contribution in [0.15, 0.2) is 59.7 Å². The van der Waals surface area contributed by atoms with E-state index in [-0.39, 0.29) is 24.7 Å². The molecule has 0 unspecified atom stereocenters. The largest absolute Gasteiger partial charge is 0.497 e. The van der Waals surface area contributed by atoms with Crippen LogP contribution in [0.5, 0.6) is 5.75 Å². The number of benzene rings is 2. The predicted octanol–water partition coefficient (Wildman–Crippen LogP) is 3.07. The van der Waals surface area contributed by atoms with Gasteiger partial charge in [0.1, 0.15) is 5.75 Å². The molecule has 2 aromatic carbocycles. The molecule has 2 amide bonds. The zero-order valence-electron chi connectivity index (χ0n) is 16.3. The van der Waals surface area contributed by atoms with E-state index in [2.05, 4.69) is 5.10 Å². The molecule has 1 heterocycles. The summed E-state index contributed by atoms with van der Waals surface area (Å²) in [6.45, 7) is 1.07. The number of hydrogen-bond donors (Lipinski definition) is 0. The molecule has 2 aromatic rings. The van der Waals surface area contributed by atoms with Crippen LogP contribution in [0.25, 0.3) is 0 Å². The Balaban J connectivity index is 1.48. The van der Waals surface area contributed by atoms with Gasteiger partial charge >= 0.3 is 0 Å². The van der Waals surface area contributed by atoms with E-state index in [1.165, 1.54) is 5.01 Å². The van der Waals surface area contributed by atoms with Crippen LogP contribution in [-0.4, -0.2) is 48.1 Å². The summed E-state index contributed by atoms with van der Waals surface area (Å²) in [5.41, 5.74) is 2.96. The number of hydrogen-bond acceptors (Lipinski definition) is 4. The first-order chi connectivity index (χ1) is 13.6. The summed E-state index contributed by atoms with van der Waals surface area (Å²) in [6.07, 6.45) is 1.08. The summed E-state index contributed by atoms with van der Waals surface area (Å²) in [4.78, 5) is 26.4. The third-order valence-electron chi connectivity index (χ3n) is 4.75. The lowest BCUT2D eigenvalue weighted by Crippen LogP contribution is -2.29. The number of ether oxygens (including phenoxy) is 1. The van der Waals surface area contributed by atoms with Crippen molar-refractivity contribution in [1.82, 2.24) is 9.91 Å². The molecule has 6 heteroatoms. The monoisotopic (exact) mass is 379 g/mol. The van der Waals surface area contributed by atoms with Crippen molar-refractivity contribution in [3.8, 4) is 5.75 Å². The highest BCUT2D eigenvalue weighted by atomic mass is 16.5. The zero-order valence-corrected chi connectivity index (χ0v) is 16.3. The third-order valence-corrected chi connectivity index (χ3v) is 4.75. The molecule has 1 aliphatic rings. The molecule has 0 N–H and O–H groups in total. The van der Waals surface area contributed by atoms with Crippen LogP contribution in [-0.2, 0) is 16.1 Å². The minimum atomic E-state index is -0.114. The van der Waals surface area contributed by atoms with Crippen molar-refractivity contribution in [3.05, 3.63) is 65.7 Å². The van der Waals surface area contributed by atoms with E-state index in [9.17, 15) is 9.59 Å². The van der Waals surface area contributed by atoms with Gasteiger partial charge in [-0.25, -0.2) is 5.01 Å². The number of amides is 2. The molecule has 28 heavy (non-hydrogen) atoms. The molecule has 0 atom stereocenters. The van der Waals surface area contributed by atoms with Crippen LogP contribution in [0.2, 0.25) is 0 Å². The lowest BCUT2D eigenvalue weighted by Gasteiger charge is -2.18. The molecule has 146 valence electrons. The lowest BCUT2D eigenvalue weighted by atomic mass is 10.1. The summed E-state index contributed by atoms with van der Waals surface area (Å²) in [5, 5.41) is 5.91. The molecular weight excluding hydrogens is 354 g/mol. The fourth-order valence-corrected chi connectivity index (χ4v) is 3.10. The van der Waals surface area contributed by atoms with Gasteiger partial charge < -0.3 is 9.64 Å². The Labute approximate surface area is 165 Å². The van der Waals surface area contributed by atoms with Crippen LogP contribution >= 0.6 is 0 Å².